The van der Waals surface area contributed by atoms with E-state index in [4.69, 9.17) is 0 Å². The van der Waals surface area contributed by atoms with Crippen LogP contribution in [0.5, 0.6) is 0 Å². The molecule has 0 bridgehead atoms. The minimum absolute atomic E-state index is 0.177. The van der Waals surface area contributed by atoms with Gasteiger partial charge in [0.2, 0.25) is 5.91 Å². The van der Waals surface area contributed by atoms with Gasteiger partial charge in [-0.2, -0.15) is 5.10 Å². The van der Waals surface area contributed by atoms with Crippen molar-refractivity contribution in [2.45, 2.75) is 44.4 Å². The molecule has 0 radical (unpaired) electrons. The van der Waals surface area contributed by atoms with Crippen molar-refractivity contribution in [3.05, 3.63) is 47.5 Å². The predicted molar refractivity (Wildman–Crippen MR) is 96.2 cm³/mol. The molecule has 5 heteroatoms. The third kappa shape index (κ3) is 3.46. The molecule has 1 aliphatic carbocycles. The number of aromatic nitrogens is 3. The van der Waals surface area contributed by atoms with Crippen molar-refractivity contribution in [3.8, 4) is 0 Å². The van der Waals surface area contributed by atoms with Gasteiger partial charge in [-0.3, -0.25) is 9.48 Å². The Balaban J connectivity index is 1.39. The maximum atomic E-state index is 12.7. The van der Waals surface area contributed by atoms with Crippen LogP contribution in [0.1, 0.15) is 55.2 Å². The fraction of sp³-hybridized carbons (Fsp3) is 0.550. The van der Waals surface area contributed by atoms with E-state index in [9.17, 15) is 4.79 Å². The molecular formula is C20H26N4O. The Morgan fingerprint density at radius 1 is 1.20 bits per heavy atom. The fourth-order valence-corrected chi connectivity index (χ4v) is 3.92. The van der Waals surface area contributed by atoms with E-state index in [1.807, 2.05) is 11.9 Å². The van der Waals surface area contributed by atoms with Crippen LogP contribution >= 0.6 is 0 Å². The first-order valence-electron chi connectivity index (χ1n) is 9.34. The van der Waals surface area contributed by atoms with Crippen molar-refractivity contribution >= 4 is 5.91 Å². The average molecular weight is 338 g/mol. The highest BCUT2D eigenvalue weighted by Crippen LogP contribution is 2.38. The summed E-state index contributed by atoms with van der Waals surface area (Å²) in [6.45, 7) is 3.91. The quantitative estimate of drug-likeness (QED) is 0.861. The van der Waals surface area contributed by atoms with Crippen LogP contribution < -0.4 is 0 Å². The lowest BCUT2D eigenvalue weighted by Crippen LogP contribution is -2.43. The smallest absolute Gasteiger partial charge is 0.230 e. The molecule has 1 saturated carbocycles. The second-order valence-electron chi connectivity index (χ2n) is 7.58. The first kappa shape index (κ1) is 16.3. The average Bonchev–Trinajstić information content (AvgIpc) is 3.40. The molecule has 0 N–H and O–H groups in total. The van der Waals surface area contributed by atoms with Gasteiger partial charge in [0.05, 0.1) is 6.42 Å². The van der Waals surface area contributed by atoms with Gasteiger partial charge >= 0.3 is 0 Å². The summed E-state index contributed by atoms with van der Waals surface area (Å²) in [4.78, 5) is 19.4. The zero-order chi connectivity index (χ0) is 17.4. The van der Waals surface area contributed by atoms with Crippen LogP contribution in [0.15, 0.2) is 30.3 Å². The SMILES string of the molecule is CC1CN(C(=O)Cc2nc(C3CC3)nn2C)CCC1c1ccccc1. The maximum Gasteiger partial charge on any atom is 0.230 e. The molecule has 25 heavy (non-hydrogen) atoms. The van der Waals surface area contributed by atoms with Crippen molar-refractivity contribution in [1.82, 2.24) is 19.7 Å². The standard InChI is InChI=1S/C20H26N4O/c1-14-13-24(11-10-17(14)15-6-4-3-5-7-15)19(25)12-18-21-20(16-8-9-16)22-23(18)2/h3-7,14,16-17H,8-13H2,1-2H3. The van der Waals surface area contributed by atoms with Crippen molar-refractivity contribution < 1.29 is 4.79 Å². The van der Waals surface area contributed by atoms with E-state index in [1.54, 1.807) is 4.68 Å². The van der Waals surface area contributed by atoms with Gasteiger partial charge in [-0.1, -0.05) is 37.3 Å². The zero-order valence-corrected chi connectivity index (χ0v) is 15.1. The number of carbonyl (C=O) groups excluding carboxylic acids is 1. The third-order valence-electron chi connectivity index (χ3n) is 5.61. The van der Waals surface area contributed by atoms with Crippen LogP contribution in [0.25, 0.3) is 0 Å². The Morgan fingerprint density at radius 2 is 1.96 bits per heavy atom. The first-order chi connectivity index (χ1) is 12.1. The fourth-order valence-electron chi connectivity index (χ4n) is 3.92. The van der Waals surface area contributed by atoms with Crippen LogP contribution in [-0.2, 0) is 18.3 Å². The molecule has 2 aromatic rings. The molecule has 4 rings (SSSR count). The van der Waals surface area contributed by atoms with Gasteiger partial charge < -0.3 is 4.90 Å². The van der Waals surface area contributed by atoms with Crippen molar-refractivity contribution in [1.29, 1.82) is 0 Å². The third-order valence-corrected chi connectivity index (χ3v) is 5.61. The van der Waals surface area contributed by atoms with E-state index in [0.29, 0.717) is 24.2 Å². The van der Waals surface area contributed by atoms with Gasteiger partial charge in [0.1, 0.15) is 5.82 Å². The summed E-state index contributed by atoms with van der Waals surface area (Å²) in [6.07, 6.45) is 3.76. The van der Waals surface area contributed by atoms with Crippen LogP contribution in [0.2, 0.25) is 0 Å². The summed E-state index contributed by atoms with van der Waals surface area (Å²) in [5.74, 6) is 3.43. The lowest BCUT2D eigenvalue weighted by atomic mass is 9.81. The van der Waals surface area contributed by atoms with Gasteiger partial charge in [0, 0.05) is 26.1 Å². The first-order valence-corrected chi connectivity index (χ1v) is 9.34. The molecular weight excluding hydrogens is 312 g/mol. The topological polar surface area (TPSA) is 51.0 Å². The van der Waals surface area contributed by atoms with Crippen LogP contribution in [0.3, 0.4) is 0 Å². The molecule has 5 nitrogen and oxygen atoms in total. The van der Waals surface area contributed by atoms with E-state index in [-0.39, 0.29) is 5.91 Å². The predicted octanol–water partition coefficient (Wildman–Crippen LogP) is 2.89. The van der Waals surface area contributed by atoms with Crippen LogP contribution in [0, 0.1) is 5.92 Å². The van der Waals surface area contributed by atoms with E-state index in [2.05, 4.69) is 47.3 Å². The number of amides is 1. The van der Waals surface area contributed by atoms with Crippen molar-refractivity contribution in [3.63, 3.8) is 0 Å². The number of carbonyl (C=O) groups is 1. The minimum Gasteiger partial charge on any atom is -0.342 e. The molecule has 2 atom stereocenters. The van der Waals surface area contributed by atoms with Gasteiger partial charge in [-0.15, -0.1) is 0 Å². The van der Waals surface area contributed by atoms with Crippen molar-refractivity contribution in [2.24, 2.45) is 13.0 Å². The lowest BCUT2D eigenvalue weighted by Gasteiger charge is -2.37. The van der Waals surface area contributed by atoms with Crippen molar-refractivity contribution in [2.75, 3.05) is 13.1 Å². The monoisotopic (exact) mass is 338 g/mol. The number of likely N-dealkylation sites (tertiary alicyclic amines) is 1. The summed E-state index contributed by atoms with van der Waals surface area (Å²) in [6, 6.07) is 10.7. The van der Waals surface area contributed by atoms with Gasteiger partial charge in [-0.25, -0.2) is 4.98 Å². The second kappa shape index (κ2) is 6.62. The maximum absolute atomic E-state index is 12.7. The van der Waals surface area contributed by atoms with E-state index >= 15 is 0 Å². The molecule has 2 unspecified atom stereocenters. The van der Waals surface area contributed by atoms with Gasteiger partial charge in [0.15, 0.2) is 5.82 Å². The molecule has 1 aliphatic heterocycles. The van der Waals surface area contributed by atoms with Gasteiger partial charge in [-0.05, 0) is 36.7 Å². The Kier molecular flexibility index (Phi) is 4.32. The van der Waals surface area contributed by atoms with Gasteiger partial charge in [0.25, 0.3) is 0 Å². The Morgan fingerprint density at radius 3 is 2.64 bits per heavy atom. The largest absolute Gasteiger partial charge is 0.342 e. The highest BCUT2D eigenvalue weighted by molar-refractivity contribution is 5.78. The Bertz CT molecular complexity index is 750. The molecule has 2 aliphatic rings. The van der Waals surface area contributed by atoms with E-state index < -0.39 is 0 Å². The lowest BCUT2D eigenvalue weighted by molar-refractivity contribution is -0.132. The molecule has 1 saturated heterocycles. The number of rotatable bonds is 4. The second-order valence-corrected chi connectivity index (χ2v) is 7.58. The number of hydrogen-bond acceptors (Lipinski definition) is 3. The zero-order valence-electron chi connectivity index (χ0n) is 15.1. The summed E-state index contributed by atoms with van der Waals surface area (Å²) in [5.41, 5.74) is 1.39. The van der Waals surface area contributed by atoms with E-state index in [1.165, 1.54) is 18.4 Å². The Hall–Kier alpha value is -2.17. The number of hydrogen-bond donors (Lipinski definition) is 0. The summed E-state index contributed by atoms with van der Waals surface area (Å²) < 4.78 is 1.78. The highest BCUT2D eigenvalue weighted by Gasteiger charge is 2.31. The molecule has 2 fully saturated rings. The Labute approximate surface area is 149 Å². The summed E-state index contributed by atoms with van der Waals surface area (Å²) in [7, 11) is 1.89. The summed E-state index contributed by atoms with van der Waals surface area (Å²) in [5, 5.41) is 4.47. The molecule has 132 valence electrons. The molecule has 2 heterocycles. The molecule has 1 aromatic heterocycles. The number of nitrogens with zero attached hydrogens (tertiary/aromatic N) is 4. The number of piperidine rings is 1. The minimum atomic E-state index is 0.177. The number of benzene rings is 1. The van der Waals surface area contributed by atoms with Crippen LogP contribution in [0.4, 0.5) is 0 Å². The van der Waals surface area contributed by atoms with Crippen LogP contribution in [-0.4, -0.2) is 38.7 Å². The molecule has 1 aromatic carbocycles. The molecule has 0 spiro atoms. The normalized spacial score (nSPS) is 23.7. The summed E-state index contributed by atoms with van der Waals surface area (Å²) >= 11 is 0. The van der Waals surface area contributed by atoms with E-state index in [0.717, 1.165) is 31.2 Å². The number of aryl methyl sites for hydroxylation is 1. The molecule has 1 amide bonds. The highest BCUT2D eigenvalue weighted by atomic mass is 16.2.